The first-order valence-electron chi connectivity index (χ1n) is 4.84. The van der Waals surface area contributed by atoms with Gasteiger partial charge in [-0.3, -0.25) is 0 Å². The number of hydrogen-bond acceptors (Lipinski definition) is 1. The minimum atomic E-state index is -1.08. The van der Waals surface area contributed by atoms with Crippen molar-refractivity contribution in [1.82, 2.24) is 0 Å². The molecule has 1 aliphatic carbocycles. The molecule has 0 fully saturated rings. The third-order valence-corrected chi connectivity index (χ3v) is 3.79. The second kappa shape index (κ2) is 3.70. The molecule has 0 radical (unpaired) electrons. The van der Waals surface area contributed by atoms with Gasteiger partial charge in [0.2, 0.25) is 0 Å². The Morgan fingerprint density at radius 2 is 2.12 bits per heavy atom. The first-order valence-corrected chi connectivity index (χ1v) is 5.63. The quantitative estimate of drug-likeness (QED) is 0.855. The van der Waals surface area contributed by atoms with Crippen molar-refractivity contribution in [2.45, 2.75) is 20.3 Å². The molecule has 4 heteroatoms. The number of aromatic carboxylic acids is 1. The molecule has 16 heavy (non-hydrogen) atoms. The normalized spacial score (nSPS) is 14.2. The molecule has 1 aliphatic rings. The number of hydrogen-bond donors (Lipinski definition) is 1. The van der Waals surface area contributed by atoms with Crippen molar-refractivity contribution in [2.24, 2.45) is 0 Å². The number of allylic oxidation sites excluding steroid dienone is 2. The lowest BCUT2D eigenvalue weighted by Crippen LogP contribution is -2.05. The number of halogens is 2. The van der Waals surface area contributed by atoms with E-state index in [1.54, 1.807) is 0 Å². The van der Waals surface area contributed by atoms with E-state index in [0.29, 0.717) is 22.0 Å². The Morgan fingerprint density at radius 3 is 2.69 bits per heavy atom. The van der Waals surface area contributed by atoms with Gasteiger partial charge in [0.1, 0.15) is 5.82 Å². The van der Waals surface area contributed by atoms with Crippen LogP contribution in [0.1, 0.15) is 35.3 Å². The van der Waals surface area contributed by atoms with E-state index in [9.17, 15) is 9.18 Å². The molecule has 0 heterocycles. The number of fused-ring (bicyclic) bond motifs is 1. The Hall–Kier alpha value is -1.16. The van der Waals surface area contributed by atoms with Crippen LogP contribution >= 0.6 is 15.9 Å². The van der Waals surface area contributed by atoms with Crippen LogP contribution in [0.5, 0.6) is 0 Å². The standard InChI is InChI=1S/C12H10BrFO2/c1-5-3-7-8(12(15)16)4-9(14)11(13)10(7)6(5)2/h4H,3H2,1-2H3,(H,15,16). The fourth-order valence-electron chi connectivity index (χ4n) is 2.04. The van der Waals surface area contributed by atoms with Crippen LogP contribution in [-0.2, 0) is 6.42 Å². The van der Waals surface area contributed by atoms with Gasteiger partial charge in [0, 0.05) is 0 Å². The predicted molar refractivity (Wildman–Crippen MR) is 63.0 cm³/mol. The van der Waals surface area contributed by atoms with Crippen LogP contribution in [0.15, 0.2) is 16.1 Å². The zero-order chi connectivity index (χ0) is 12.0. The molecule has 2 nitrogen and oxygen atoms in total. The summed E-state index contributed by atoms with van der Waals surface area (Å²) in [5, 5.41) is 9.04. The van der Waals surface area contributed by atoms with E-state index in [2.05, 4.69) is 15.9 Å². The Labute approximate surface area is 101 Å². The van der Waals surface area contributed by atoms with Crippen LogP contribution in [0.3, 0.4) is 0 Å². The van der Waals surface area contributed by atoms with Crippen LogP contribution in [0.25, 0.3) is 5.57 Å². The van der Waals surface area contributed by atoms with Crippen LogP contribution in [0.4, 0.5) is 4.39 Å². The van der Waals surface area contributed by atoms with Crippen molar-refractivity contribution in [3.63, 3.8) is 0 Å². The summed E-state index contributed by atoms with van der Waals surface area (Å²) >= 11 is 3.18. The third kappa shape index (κ3) is 1.48. The number of benzene rings is 1. The lowest BCUT2D eigenvalue weighted by Gasteiger charge is -2.09. The maximum atomic E-state index is 13.6. The fourth-order valence-corrected chi connectivity index (χ4v) is 2.69. The molecule has 2 rings (SSSR count). The summed E-state index contributed by atoms with van der Waals surface area (Å²) in [5.41, 5.74) is 3.52. The molecule has 0 spiro atoms. The minimum Gasteiger partial charge on any atom is -0.478 e. The van der Waals surface area contributed by atoms with Gasteiger partial charge >= 0.3 is 5.97 Å². The number of carbonyl (C=O) groups is 1. The average molecular weight is 285 g/mol. The summed E-state index contributed by atoms with van der Waals surface area (Å²) in [5.74, 6) is -1.60. The zero-order valence-corrected chi connectivity index (χ0v) is 10.5. The summed E-state index contributed by atoms with van der Waals surface area (Å²) in [6.45, 7) is 3.82. The molecule has 0 atom stereocenters. The molecule has 0 unspecified atom stereocenters. The van der Waals surface area contributed by atoms with Gasteiger partial charge in [-0.1, -0.05) is 5.57 Å². The molecule has 0 aliphatic heterocycles. The zero-order valence-electron chi connectivity index (χ0n) is 8.90. The molecule has 0 amide bonds. The van der Waals surface area contributed by atoms with Crippen LogP contribution < -0.4 is 0 Å². The van der Waals surface area contributed by atoms with Crippen molar-refractivity contribution < 1.29 is 14.3 Å². The van der Waals surface area contributed by atoms with E-state index in [-0.39, 0.29) is 5.56 Å². The third-order valence-electron chi connectivity index (χ3n) is 3.01. The van der Waals surface area contributed by atoms with E-state index in [4.69, 9.17) is 5.11 Å². The van der Waals surface area contributed by atoms with Crippen LogP contribution in [-0.4, -0.2) is 11.1 Å². The summed E-state index contributed by atoms with van der Waals surface area (Å²) in [7, 11) is 0. The fraction of sp³-hybridized carbons (Fsp3) is 0.250. The maximum absolute atomic E-state index is 13.6. The Bertz CT molecular complexity index is 532. The first-order chi connectivity index (χ1) is 7.43. The van der Waals surface area contributed by atoms with Crippen LogP contribution in [0.2, 0.25) is 0 Å². The molecule has 1 N–H and O–H groups in total. The molecule has 0 saturated heterocycles. The summed E-state index contributed by atoms with van der Waals surface area (Å²) < 4.78 is 13.9. The Kier molecular flexibility index (Phi) is 2.62. The monoisotopic (exact) mass is 284 g/mol. The summed E-state index contributed by atoms with van der Waals surface area (Å²) in [4.78, 5) is 11.0. The average Bonchev–Trinajstić information content (AvgIpc) is 2.49. The highest BCUT2D eigenvalue weighted by atomic mass is 79.9. The Morgan fingerprint density at radius 1 is 1.50 bits per heavy atom. The van der Waals surface area contributed by atoms with E-state index in [1.807, 2.05) is 13.8 Å². The van der Waals surface area contributed by atoms with E-state index in [1.165, 1.54) is 0 Å². The Balaban J connectivity index is 2.79. The summed E-state index contributed by atoms with van der Waals surface area (Å²) in [6.07, 6.45) is 0.585. The molecule has 84 valence electrons. The minimum absolute atomic E-state index is 0.0619. The van der Waals surface area contributed by atoms with Crippen molar-refractivity contribution in [1.29, 1.82) is 0 Å². The smallest absolute Gasteiger partial charge is 0.336 e. The topological polar surface area (TPSA) is 37.3 Å². The van der Waals surface area contributed by atoms with Gasteiger partial charge in [0.05, 0.1) is 10.0 Å². The highest BCUT2D eigenvalue weighted by Crippen LogP contribution is 2.40. The first kappa shape index (κ1) is 11.3. The molecule has 0 aromatic heterocycles. The molecule has 0 bridgehead atoms. The van der Waals surface area contributed by atoms with Crippen LogP contribution in [0, 0.1) is 5.82 Å². The second-order valence-corrected chi connectivity index (χ2v) is 4.75. The maximum Gasteiger partial charge on any atom is 0.336 e. The lowest BCUT2D eigenvalue weighted by atomic mass is 10.0. The van der Waals surface area contributed by atoms with E-state index >= 15 is 0 Å². The van der Waals surface area contributed by atoms with Crippen molar-refractivity contribution in [3.05, 3.63) is 38.6 Å². The highest BCUT2D eigenvalue weighted by molar-refractivity contribution is 9.10. The SMILES string of the molecule is CC1=C(C)c2c(Br)c(F)cc(C(=O)O)c2C1. The largest absolute Gasteiger partial charge is 0.478 e. The van der Waals surface area contributed by atoms with E-state index in [0.717, 1.165) is 17.2 Å². The second-order valence-electron chi connectivity index (χ2n) is 3.96. The van der Waals surface area contributed by atoms with Gasteiger partial charge in [-0.2, -0.15) is 0 Å². The van der Waals surface area contributed by atoms with Crippen molar-refractivity contribution in [2.75, 3.05) is 0 Å². The molecule has 0 saturated carbocycles. The molecule has 1 aromatic carbocycles. The number of rotatable bonds is 1. The van der Waals surface area contributed by atoms with Crippen molar-refractivity contribution >= 4 is 27.5 Å². The van der Waals surface area contributed by atoms with Gasteiger partial charge in [-0.25, -0.2) is 9.18 Å². The molecular formula is C12H10BrFO2. The summed E-state index contributed by atoms with van der Waals surface area (Å²) in [6, 6.07) is 1.08. The van der Waals surface area contributed by atoms with E-state index < -0.39 is 11.8 Å². The predicted octanol–water partition coefficient (Wildman–Crippen LogP) is 3.64. The lowest BCUT2D eigenvalue weighted by molar-refractivity contribution is 0.0695. The van der Waals surface area contributed by atoms with Gasteiger partial charge < -0.3 is 5.11 Å². The van der Waals surface area contributed by atoms with Gasteiger partial charge in [-0.05, 0) is 59.0 Å². The molecule has 1 aromatic rings. The molecular weight excluding hydrogens is 275 g/mol. The van der Waals surface area contributed by atoms with Crippen molar-refractivity contribution in [3.8, 4) is 0 Å². The van der Waals surface area contributed by atoms with Gasteiger partial charge in [0.15, 0.2) is 0 Å². The van der Waals surface area contributed by atoms with Gasteiger partial charge in [-0.15, -0.1) is 0 Å². The highest BCUT2D eigenvalue weighted by Gasteiger charge is 2.26. The van der Waals surface area contributed by atoms with Gasteiger partial charge in [0.25, 0.3) is 0 Å². The number of carboxylic acids is 1. The number of carboxylic acid groups (broad SMARTS) is 1.